The van der Waals surface area contributed by atoms with Crippen LogP contribution in [-0.2, 0) is 17.5 Å². The third-order valence-electron chi connectivity index (χ3n) is 7.48. The van der Waals surface area contributed by atoms with Crippen LogP contribution in [0.2, 0.25) is 0 Å². The number of piperidine rings is 2. The molecule has 210 valence electrons. The molecule has 2 saturated heterocycles. The van der Waals surface area contributed by atoms with Gasteiger partial charge < -0.3 is 19.5 Å². The van der Waals surface area contributed by atoms with Crippen molar-refractivity contribution in [2.45, 2.75) is 69.9 Å². The van der Waals surface area contributed by atoms with Crippen molar-refractivity contribution in [2.24, 2.45) is 0 Å². The molecule has 2 aliphatic rings. The maximum Gasteiger partial charge on any atom is 0.418 e. The summed E-state index contributed by atoms with van der Waals surface area (Å²) in [6.45, 7) is 3.02. The topological polar surface area (TPSA) is 72.9 Å². The third kappa shape index (κ3) is 6.15. The van der Waals surface area contributed by atoms with Gasteiger partial charge in [-0.15, -0.1) is 11.3 Å². The molecular formula is C28H32F3N3O4S. The molecule has 7 nitrogen and oxygen atoms in total. The fourth-order valence-electron chi connectivity index (χ4n) is 5.69. The zero-order valence-electron chi connectivity index (χ0n) is 21.9. The second-order valence-electron chi connectivity index (χ2n) is 9.93. The van der Waals surface area contributed by atoms with E-state index in [0.29, 0.717) is 39.9 Å². The monoisotopic (exact) mass is 563 g/mol. The number of amides is 1. The number of aromatic nitrogens is 1. The summed E-state index contributed by atoms with van der Waals surface area (Å²) in [4.78, 5) is 19.9. The van der Waals surface area contributed by atoms with Crippen LogP contribution >= 0.6 is 11.3 Å². The molecule has 5 rings (SSSR count). The molecule has 0 spiro atoms. The van der Waals surface area contributed by atoms with E-state index in [2.05, 4.69) is 15.2 Å². The quantitative estimate of drug-likeness (QED) is 0.254. The molecule has 11 heteroatoms. The van der Waals surface area contributed by atoms with Gasteiger partial charge in [-0.1, -0.05) is 12.5 Å². The number of methoxy groups -OCH3 is 1. The van der Waals surface area contributed by atoms with Crippen LogP contribution in [0, 0.1) is 0 Å². The standard InChI is InChI=1S/C28H32F3N3O4S/c1-3-37-16-38-22-11-10-17(12-23(22)36-2)27(35)32-18-13-19-6-4-7-20(14-18)34(19)15-25-33-26-21(28(29,30)31)8-5-9-24(26)39-25/h5,8-12,18-20H,3-4,6-7,13-16H2,1-2H3,(H,32,35). The maximum absolute atomic E-state index is 13.5. The molecule has 1 N–H and O–H groups in total. The lowest BCUT2D eigenvalue weighted by atomic mass is 9.81. The molecule has 0 radical (unpaired) electrons. The molecule has 2 bridgehead atoms. The van der Waals surface area contributed by atoms with Gasteiger partial charge in [0.2, 0.25) is 0 Å². The van der Waals surface area contributed by atoms with Crippen LogP contribution in [0.3, 0.4) is 0 Å². The maximum atomic E-state index is 13.5. The van der Waals surface area contributed by atoms with Gasteiger partial charge in [-0.3, -0.25) is 9.69 Å². The van der Waals surface area contributed by atoms with Crippen molar-refractivity contribution >= 4 is 27.5 Å². The first kappa shape index (κ1) is 27.7. The first-order valence-electron chi connectivity index (χ1n) is 13.2. The molecular weight excluding hydrogens is 531 g/mol. The molecule has 2 atom stereocenters. The second kappa shape index (κ2) is 11.7. The highest BCUT2D eigenvalue weighted by atomic mass is 32.1. The number of rotatable bonds is 9. The number of hydrogen-bond donors (Lipinski definition) is 1. The van der Waals surface area contributed by atoms with Crippen molar-refractivity contribution in [3.05, 3.63) is 52.5 Å². The number of ether oxygens (including phenoxy) is 3. The number of para-hydroxylation sites is 1. The average Bonchev–Trinajstić information content (AvgIpc) is 3.31. The minimum Gasteiger partial charge on any atom is -0.493 e. The Hall–Kier alpha value is -2.89. The second-order valence-corrected chi connectivity index (χ2v) is 11.0. The van der Waals surface area contributed by atoms with Gasteiger partial charge in [-0.05, 0) is 62.9 Å². The number of carbonyl (C=O) groups is 1. The largest absolute Gasteiger partial charge is 0.493 e. The molecule has 2 aromatic carbocycles. The van der Waals surface area contributed by atoms with E-state index >= 15 is 0 Å². The smallest absolute Gasteiger partial charge is 0.418 e. The lowest BCUT2D eigenvalue weighted by molar-refractivity contribution is -0.136. The van der Waals surface area contributed by atoms with E-state index in [1.165, 1.54) is 24.5 Å². The van der Waals surface area contributed by atoms with E-state index in [4.69, 9.17) is 14.2 Å². The number of thiazole rings is 1. The van der Waals surface area contributed by atoms with E-state index in [1.54, 1.807) is 24.3 Å². The van der Waals surface area contributed by atoms with Gasteiger partial charge in [0, 0.05) is 30.3 Å². The number of fused-ring (bicyclic) bond motifs is 3. The van der Waals surface area contributed by atoms with Gasteiger partial charge in [-0.2, -0.15) is 13.2 Å². The van der Waals surface area contributed by atoms with Crippen LogP contribution in [0.25, 0.3) is 10.2 Å². The van der Waals surface area contributed by atoms with E-state index in [0.717, 1.165) is 38.2 Å². The molecule has 3 heterocycles. The highest BCUT2D eigenvalue weighted by Gasteiger charge is 2.39. The minimum absolute atomic E-state index is 0.0103. The number of nitrogens with zero attached hydrogens (tertiary/aromatic N) is 2. The summed E-state index contributed by atoms with van der Waals surface area (Å²) in [5, 5.41) is 3.89. The van der Waals surface area contributed by atoms with Crippen LogP contribution in [0.1, 0.15) is 60.0 Å². The number of carbonyl (C=O) groups excluding carboxylic acids is 1. The lowest BCUT2D eigenvalue weighted by Crippen LogP contribution is -2.56. The summed E-state index contributed by atoms with van der Waals surface area (Å²) in [6, 6.07) is 9.77. The molecule has 1 aromatic heterocycles. The van der Waals surface area contributed by atoms with E-state index < -0.39 is 11.7 Å². The first-order chi connectivity index (χ1) is 18.8. The molecule has 0 saturated carbocycles. The van der Waals surface area contributed by atoms with Crippen molar-refractivity contribution in [3.8, 4) is 11.5 Å². The van der Waals surface area contributed by atoms with Crippen LogP contribution in [-0.4, -0.2) is 54.4 Å². The highest BCUT2D eigenvalue weighted by Crippen LogP contribution is 2.39. The van der Waals surface area contributed by atoms with Crippen LogP contribution in [0.15, 0.2) is 36.4 Å². The van der Waals surface area contributed by atoms with Crippen molar-refractivity contribution in [3.63, 3.8) is 0 Å². The van der Waals surface area contributed by atoms with Gasteiger partial charge in [0.1, 0.15) is 5.01 Å². The highest BCUT2D eigenvalue weighted by molar-refractivity contribution is 7.18. The Labute approximate surface area is 229 Å². The van der Waals surface area contributed by atoms with Gasteiger partial charge in [0.05, 0.1) is 29.4 Å². The predicted molar refractivity (Wildman–Crippen MR) is 142 cm³/mol. The van der Waals surface area contributed by atoms with Crippen LogP contribution < -0.4 is 14.8 Å². The minimum atomic E-state index is -4.43. The predicted octanol–water partition coefficient (Wildman–Crippen LogP) is 6.01. The van der Waals surface area contributed by atoms with Crippen molar-refractivity contribution in [2.75, 3.05) is 20.5 Å². The van der Waals surface area contributed by atoms with E-state index in [1.807, 2.05) is 6.92 Å². The summed E-state index contributed by atoms with van der Waals surface area (Å²) >= 11 is 1.33. The van der Waals surface area contributed by atoms with Gasteiger partial charge in [0.25, 0.3) is 5.91 Å². The van der Waals surface area contributed by atoms with Crippen molar-refractivity contribution < 1.29 is 32.2 Å². The van der Waals surface area contributed by atoms with Gasteiger partial charge >= 0.3 is 6.18 Å². The van der Waals surface area contributed by atoms with Crippen LogP contribution in [0.5, 0.6) is 11.5 Å². The summed E-state index contributed by atoms with van der Waals surface area (Å²) in [5.41, 5.74) is -0.171. The Morgan fingerprint density at radius 1 is 1.15 bits per heavy atom. The SMILES string of the molecule is CCOCOc1ccc(C(=O)NC2CC3CCCC(C2)N3Cc2nc3c(C(F)(F)F)cccc3s2)cc1OC. The van der Waals surface area contributed by atoms with Gasteiger partial charge in [-0.25, -0.2) is 4.98 Å². The summed E-state index contributed by atoms with van der Waals surface area (Å²) in [5.74, 6) is 0.785. The zero-order chi connectivity index (χ0) is 27.6. The molecule has 1 amide bonds. The van der Waals surface area contributed by atoms with E-state index in [-0.39, 0.29) is 36.3 Å². The van der Waals surface area contributed by atoms with Crippen LogP contribution in [0.4, 0.5) is 13.2 Å². The number of alkyl halides is 3. The molecule has 2 aliphatic heterocycles. The Morgan fingerprint density at radius 2 is 1.92 bits per heavy atom. The summed E-state index contributed by atoms with van der Waals surface area (Å²) in [6.07, 6.45) is 0.216. The molecule has 3 aromatic rings. The van der Waals surface area contributed by atoms with E-state index in [9.17, 15) is 18.0 Å². The van der Waals surface area contributed by atoms with Crippen molar-refractivity contribution in [1.29, 1.82) is 0 Å². The Morgan fingerprint density at radius 3 is 2.62 bits per heavy atom. The fourth-order valence-corrected chi connectivity index (χ4v) is 6.69. The summed E-state index contributed by atoms with van der Waals surface area (Å²) in [7, 11) is 1.52. The molecule has 0 aliphatic carbocycles. The number of halogens is 3. The normalized spacial score (nSPS) is 21.6. The Kier molecular flexibility index (Phi) is 8.29. The lowest BCUT2D eigenvalue weighted by Gasteiger charge is -2.48. The molecule has 2 fully saturated rings. The van der Waals surface area contributed by atoms with Gasteiger partial charge in [0.15, 0.2) is 18.3 Å². The van der Waals surface area contributed by atoms with Crippen molar-refractivity contribution in [1.82, 2.24) is 15.2 Å². The number of benzene rings is 2. The average molecular weight is 564 g/mol. The zero-order valence-corrected chi connectivity index (χ0v) is 22.7. The molecule has 39 heavy (non-hydrogen) atoms. The third-order valence-corrected chi connectivity index (χ3v) is 8.48. The Bertz CT molecular complexity index is 1300. The Balaban J connectivity index is 1.25. The number of hydrogen-bond acceptors (Lipinski definition) is 7. The summed E-state index contributed by atoms with van der Waals surface area (Å²) < 4.78 is 57.1. The number of nitrogens with one attached hydrogen (secondary N) is 1. The molecule has 2 unspecified atom stereocenters. The first-order valence-corrected chi connectivity index (χ1v) is 14.0. The fraction of sp³-hybridized carbons (Fsp3) is 0.500.